The molecule has 0 aliphatic rings. The molecule has 3 rings (SSSR count). The molecule has 232 valence electrons. The molecule has 0 bridgehead atoms. The van der Waals surface area contributed by atoms with Crippen LogP contribution in [0.2, 0.25) is 0 Å². The first-order valence-electron chi connectivity index (χ1n) is 14.4. The van der Waals surface area contributed by atoms with Crippen LogP contribution in [0, 0.1) is 5.82 Å². The number of anilines is 1. The Labute approximate surface area is 254 Å². The highest BCUT2D eigenvalue weighted by Crippen LogP contribution is 2.30. The SMILES string of the molecule is CCOc1ccccc1N(CCCC(=O)N(Cc1ccc(F)cc1)[C@H](Cc1ccccc1)C(=O)NC(C)(C)C)S(C)(=O)=O. The van der Waals surface area contributed by atoms with Crippen LogP contribution in [0.25, 0.3) is 0 Å². The highest BCUT2D eigenvalue weighted by Gasteiger charge is 2.32. The Morgan fingerprint density at radius 3 is 2.16 bits per heavy atom. The molecule has 0 radical (unpaired) electrons. The molecule has 8 nitrogen and oxygen atoms in total. The van der Waals surface area contributed by atoms with Crippen LogP contribution in [0.15, 0.2) is 78.9 Å². The van der Waals surface area contributed by atoms with Gasteiger partial charge in [-0.2, -0.15) is 0 Å². The van der Waals surface area contributed by atoms with E-state index < -0.39 is 27.4 Å². The number of carbonyl (C=O) groups excluding carboxylic acids is 2. The van der Waals surface area contributed by atoms with Gasteiger partial charge in [-0.1, -0.05) is 54.6 Å². The van der Waals surface area contributed by atoms with Crippen LogP contribution in [0.1, 0.15) is 51.7 Å². The zero-order valence-electron chi connectivity index (χ0n) is 25.5. The third kappa shape index (κ3) is 10.4. The number of ether oxygens (including phenoxy) is 1. The Hall–Kier alpha value is -3.92. The minimum atomic E-state index is -3.69. The molecule has 0 aliphatic carbocycles. The van der Waals surface area contributed by atoms with Crippen molar-refractivity contribution < 1.29 is 27.1 Å². The van der Waals surface area contributed by atoms with Crippen molar-refractivity contribution in [3.8, 4) is 5.75 Å². The number of benzene rings is 3. The molecule has 0 heterocycles. The molecule has 1 N–H and O–H groups in total. The molecule has 0 saturated carbocycles. The lowest BCUT2D eigenvalue weighted by atomic mass is 10.00. The number of sulfonamides is 1. The normalized spacial score (nSPS) is 12.3. The van der Waals surface area contributed by atoms with E-state index in [0.717, 1.165) is 11.8 Å². The van der Waals surface area contributed by atoms with Crippen LogP contribution >= 0.6 is 0 Å². The molecule has 43 heavy (non-hydrogen) atoms. The summed E-state index contributed by atoms with van der Waals surface area (Å²) in [4.78, 5) is 29.1. The molecule has 0 spiro atoms. The van der Waals surface area contributed by atoms with Gasteiger partial charge in [0.15, 0.2) is 0 Å². The molecule has 1 atom stereocenters. The summed E-state index contributed by atoms with van der Waals surface area (Å²) in [5.74, 6) is -0.598. The quantitative estimate of drug-likeness (QED) is 0.266. The first kappa shape index (κ1) is 33.6. The second-order valence-electron chi connectivity index (χ2n) is 11.4. The monoisotopic (exact) mass is 611 g/mol. The minimum Gasteiger partial charge on any atom is -0.492 e. The first-order valence-corrected chi connectivity index (χ1v) is 16.2. The van der Waals surface area contributed by atoms with Crippen LogP contribution < -0.4 is 14.4 Å². The van der Waals surface area contributed by atoms with Gasteiger partial charge in [-0.15, -0.1) is 0 Å². The van der Waals surface area contributed by atoms with Gasteiger partial charge in [0.05, 0.1) is 18.6 Å². The molecule has 0 unspecified atom stereocenters. The molecule has 0 fully saturated rings. The van der Waals surface area contributed by atoms with E-state index in [0.29, 0.717) is 23.6 Å². The molecule has 3 aromatic carbocycles. The molecule has 2 amide bonds. The summed E-state index contributed by atoms with van der Waals surface area (Å²) in [5.41, 5.74) is 1.40. The van der Waals surface area contributed by atoms with Crippen molar-refractivity contribution in [3.63, 3.8) is 0 Å². The Balaban J connectivity index is 1.91. The number of halogens is 1. The highest BCUT2D eigenvalue weighted by molar-refractivity contribution is 7.92. The predicted molar refractivity (Wildman–Crippen MR) is 168 cm³/mol. The summed E-state index contributed by atoms with van der Waals surface area (Å²) in [6, 6.07) is 21.3. The van der Waals surface area contributed by atoms with Crippen LogP contribution in [0.3, 0.4) is 0 Å². The summed E-state index contributed by atoms with van der Waals surface area (Å²) < 4.78 is 46.2. The molecule has 0 saturated heterocycles. The summed E-state index contributed by atoms with van der Waals surface area (Å²) in [7, 11) is -3.69. The fourth-order valence-corrected chi connectivity index (χ4v) is 5.69. The average Bonchev–Trinajstić information content (AvgIpc) is 2.93. The number of para-hydroxylation sites is 2. The van der Waals surface area contributed by atoms with Gasteiger partial charge in [-0.3, -0.25) is 13.9 Å². The molecular weight excluding hydrogens is 569 g/mol. The van der Waals surface area contributed by atoms with Gasteiger partial charge in [-0.25, -0.2) is 12.8 Å². The van der Waals surface area contributed by atoms with Crippen molar-refractivity contribution in [2.24, 2.45) is 0 Å². The number of hydrogen-bond donors (Lipinski definition) is 1. The Morgan fingerprint density at radius 2 is 1.56 bits per heavy atom. The molecular formula is C33H42FN3O5S. The minimum absolute atomic E-state index is 0.0158. The van der Waals surface area contributed by atoms with E-state index in [2.05, 4.69) is 5.32 Å². The summed E-state index contributed by atoms with van der Waals surface area (Å²) in [5, 5.41) is 3.01. The zero-order valence-corrected chi connectivity index (χ0v) is 26.4. The van der Waals surface area contributed by atoms with Gasteiger partial charge in [0, 0.05) is 31.5 Å². The van der Waals surface area contributed by atoms with Crippen molar-refractivity contribution in [3.05, 3.63) is 95.8 Å². The van der Waals surface area contributed by atoms with E-state index in [1.54, 1.807) is 36.4 Å². The lowest BCUT2D eigenvalue weighted by Crippen LogP contribution is -2.54. The number of nitrogens with zero attached hydrogens (tertiary/aromatic N) is 2. The number of nitrogens with one attached hydrogen (secondary N) is 1. The summed E-state index contributed by atoms with van der Waals surface area (Å²) in [6.45, 7) is 7.92. The third-order valence-corrected chi connectivity index (χ3v) is 7.80. The van der Waals surface area contributed by atoms with E-state index in [1.165, 1.54) is 21.3 Å². The standard InChI is InChI=1S/C33H42FN3O5S/c1-6-42-30-16-11-10-15-28(30)37(43(5,40)41)22-12-17-31(38)36(24-26-18-20-27(34)21-19-26)29(32(39)35-33(2,3)4)23-25-13-8-7-9-14-25/h7-11,13-16,18-21,29H,6,12,17,22-24H2,1-5H3,(H,35,39)/t29-/m1/s1. The maximum Gasteiger partial charge on any atom is 0.243 e. The van der Waals surface area contributed by atoms with Gasteiger partial charge >= 0.3 is 0 Å². The van der Waals surface area contributed by atoms with Gasteiger partial charge in [0.1, 0.15) is 17.6 Å². The fraction of sp³-hybridized carbons (Fsp3) is 0.394. The molecule has 10 heteroatoms. The van der Waals surface area contributed by atoms with Crippen LogP contribution in [0.5, 0.6) is 5.75 Å². The van der Waals surface area contributed by atoms with E-state index >= 15 is 0 Å². The number of rotatable bonds is 14. The summed E-state index contributed by atoms with van der Waals surface area (Å²) in [6.07, 6.45) is 1.57. The van der Waals surface area contributed by atoms with E-state index in [-0.39, 0.29) is 44.2 Å². The van der Waals surface area contributed by atoms with Crippen molar-refractivity contribution in [1.82, 2.24) is 10.2 Å². The number of carbonyl (C=O) groups is 2. The number of hydrogen-bond acceptors (Lipinski definition) is 5. The Bertz CT molecular complexity index is 1460. The average molecular weight is 612 g/mol. The second kappa shape index (κ2) is 15.0. The van der Waals surface area contributed by atoms with Crippen molar-refractivity contribution >= 4 is 27.5 Å². The maximum absolute atomic E-state index is 13.9. The predicted octanol–water partition coefficient (Wildman–Crippen LogP) is 5.33. The zero-order chi connectivity index (χ0) is 31.6. The van der Waals surface area contributed by atoms with Crippen LogP contribution in [0.4, 0.5) is 10.1 Å². The lowest BCUT2D eigenvalue weighted by molar-refractivity contribution is -0.142. The van der Waals surface area contributed by atoms with Gasteiger partial charge < -0.3 is 15.0 Å². The van der Waals surface area contributed by atoms with Gasteiger partial charge in [-0.05, 0) is 69.5 Å². The first-order chi connectivity index (χ1) is 20.3. The van der Waals surface area contributed by atoms with E-state index in [4.69, 9.17) is 4.74 Å². The molecule has 3 aromatic rings. The second-order valence-corrected chi connectivity index (χ2v) is 13.3. The highest BCUT2D eigenvalue weighted by atomic mass is 32.2. The van der Waals surface area contributed by atoms with Gasteiger partial charge in [0.25, 0.3) is 0 Å². The summed E-state index contributed by atoms with van der Waals surface area (Å²) >= 11 is 0. The van der Waals surface area contributed by atoms with Gasteiger partial charge in [0.2, 0.25) is 21.8 Å². The smallest absolute Gasteiger partial charge is 0.243 e. The van der Waals surface area contributed by atoms with Crippen LogP contribution in [-0.4, -0.2) is 56.1 Å². The molecule has 0 aliphatic heterocycles. The number of amides is 2. The fourth-order valence-electron chi connectivity index (χ4n) is 4.72. The Kier molecular flexibility index (Phi) is 11.7. The van der Waals surface area contributed by atoms with E-state index in [1.807, 2.05) is 58.0 Å². The van der Waals surface area contributed by atoms with E-state index in [9.17, 15) is 22.4 Å². The lowest BCUT2D eigenvalue weighted by Gasteiger charge is -2.34. The van der Waals surface area contributed by atoms with Crippen LogP contribution in [-0.2, 0) is 32.6 Å². The van der Waals surface area contributed by atoms with Crippen molar-refractivity contribution in [1.29, 1.82) is 0 Å². The topological polar surface area (TPSA) is 96.0 Å². The Morgan fingerprint density at radius 1 is 0.930 bits per heavy atom. The van der Waals surface area contributed by atoms with Crippen molar-refractivity contribution in [2.45, 2.75) is 65.1 Å². The maximum atomic E-state index is 13.9. The largest absolute Gasteiger partial charge is 0.492 e. The third-order valence-electron chi connectivity index (χ3n) is 6.62. The molecule has 0 aromatic heterocycles. The van der Waals surface area contributed by atoms with Crippen molar-refractivity contribution in [2.75, 3.05) is 23.7 Å².